The van der Waals surface area contributed by atoms with Crippen LogP contribution in [0.4, 0.5) is 11.4 Å². The van der Waals surface area contributed by atoms with Crippen LogP contribution < -0.4 is 10.6 Å². The largest absolute Gasteiger partial charge is 0.326 e. The fraction of sp³-hybridized carbons (Fsp3) is 0.704. The van der Waals surface area contributed by atoms with Crippen molar-refractivity contribution in [3.63, 3.8) is 0 Å². The van der Waals surface area contributed by atoms with Crippen LogP contribution in [-0.2, 0) is 9.59 Å². The van der Waals surface area contributed by atoms with Gasteiger partial charge in [-0.05, 0) is 56.4 Å². The SMILES string of the molecule is CCCCCCCCC(=O)Nc1cc(C)c(NC(=O)CCCCCCCC)c(C)c1C. The summed E-state index contributed by atoms with van der Waals surface area (Å²) in [5.41, 5.74) is 4.81. The third-order valence-corrected chi connectivity index (χ3v) is 6.15. The van der Waals surface area contributed by atoms with Gasteiger partial charge in [0.1, 0.15) is 0 Å². The molecule has 0 heterocycles. The average Bonchev–Trinajstić information content (AvgIpc) is 2.74. The first-order chi connectivity index (χ1) is 14.9. The molecule has 0 unspecified atom stereocenters. The predicted molar refractivity (Wildman–Crippen MR) is 134 cm³/mol. The molecular formula is C27H46N2O2. The van der Waals surface area contributed by atoms with Crippen molar-refractivity contribution in [1.82, 2.24) is 0 Å². The van der Waals surface area contributed by atoms with E-state index in [9.17, 15) is 9.59 Å². The molecule has 176 valence electrons. The predicted octanol–water partition coefficient (Wildman–Crippen LogP) is 7.99. The van der Waals surface area contributed by atoms with Crippen LogP contribution in [0.25, 0.3) is 0 Å². The first-order valence-corrected chi connectivity index (χ1v) is 12.6. The number of carbonyl (C=O) groups excluding carboxylic acids is 2. The van der Waals surface area contributed by atoms with Gasteiger partial charge in [0.05, 0.1) is 0 Å². The zero-order valence-electron chi connectivity index (χ0n) is 20.8. The Hall–Kier alpha value is -1.84. The van der Waals surface area contributed by atoms with E-state index in [1.807, 2.05) is 26.8 Å². The Bertz CT molecular complexity index is 682. The maximum absolute atomic E-state index is 12.4. The molecule has 0 atom stereocenters. The summed E-state index contributed by atoms with van der Waals surface area (Å²) in [6.07, 6.45) is 15.3. The summed E-state index contributed by atoms with van der Waals surface area (Å²) in [6.45, 7) is 10.5. The van der Waals surface area contributed by atoms with Crippen molar-refractivity contribution in [1.29, 1.82) is 0 Å². The van der Waals surface area contributed by atoms with Crippen LogP contribution in [0, 0.1) is 20.8 Å². The van der Waals surface area contributed by atoms with Crippen LogP contribution in [-0.4, -0.2) is 11.8 Å². The fourth-order valence-corrected chi connectivity index (χ4v) is 3.95. The van der Waals surface area contributed by atoms with Crippen molar-refractivity contribution in [2.24, 2.45) is 0 Å². The van der Waals surface area contributed by atoms with Crippen molar-refractivity contribution in [2.75, 3.05) is 10.6 Å². The monoisotopic (exact) mass is 430 g/mol. The van der Waals surface area contributed by atoms with Gasteiger partial charge in [-0.3, -0.25) is 9.59 Å². The Kier molecular flexibility index (Phi) is 13.9. The molecule has 0 saturated carbocycles. The highest BCUT2D eigenvalue weighted by molar-refractivity contribution is 5.95. The van der Waals surface area contributed by atoms with Gasteiger partial charge in [0.2, 0.25) is 11.8 Å². The molecule has 1 aromatic carbocycles. The highest BCUT2D eigenvalue weighted by Gasteiger charge is 2.14. The molecule has 0 radical (unpaired) electrons. The van der Waals surface area contributed by atoms with E-state index >= 15 is 0 Å². The lowest BCUT2D eigenvalue weighted by atomic mass is 10.0. The van der Waals surface area contributed by atoms with Gasteiger partial charge in [0.25, 0.3) is 0 Å². The Balaban J connectivity index is 2.53. The second-order valence-electron chi connectivity index (χ2n) is 9.00. The maximum Gasteiger partial charge on any atom is 0.224 e. The van der Waals surface area contributed by atoms with Crippen LogP contribution >= 0.6 is 0 Å². The summed E-state index contributed by atoms with van der Waals surface area (Å²) < 4.78 is 0. The highest BCUT2D eigenvalue weighted by Crippen LogP contribution is 2.30. The second kappa shape index (κ2) is 15.9. The first kappa shape index (κ1) is 27.2. The third-order valence-electron chi connectivity index (χ3n) is 6.15. The van der Waals surface area contributed by atoms with Gasteiger partial charge < -0.3 is 10.6 Å². The molecule has 0 spiro atoms. The number of hydrogen-bond acceptors (Lipinski definition) is 2. The average molecular weight is 431 g/mol. The van der Waals surface area contributed by atoms with Crippen LogP contribution in [0.5, 0.6) is 0 Å². The molecule has 0 saturated heterocycles. The molecule has 0 bridgehead atoms. The fourth-order valence-electron chi connectivity index (χ4n) is 3.95. The van der Waals surface area contributed by atoms with Crippen molar-refractivity contribution in [2.45, 2.75) is 125 Å². The molecule has 1 rings (SSSR count). The number of benzene rings is 1. The van der Waals surface area contributed by atoms with Crippen molar-refractivity contribution in [3.05, 3.63) is 22.8 Å². The Morgan fingerprint density at radius 3 is 1.61 bits per heavy atom. The number of aryl methyl sites for hydroxylation is 1. The number of carbonyl (C=O) groups is 2. The molecule has 0 aliphatic carbocycles. The van der Waals surface area contributed by atoms with Gasteiger partial charge in [-0.25, -0.2) is 0 Å². The molecule has 2 amide bonds. The van der Waals surface area contributed by atoms with E-state index in [0.717, 1.165) is 53.7 Å². The van der Waals surface area contributed by atoms with E-state index in [1.165, 1.54) is 51.4 Å². The minimum absolute atomic E-state index is 0.0808. The van der Waals surface area contributed by atoms with Gasteiger partial charge in [-0.2, -0.15) is 0 Å². The summed E-state index contributed by atoms with van der Waals surface area (Å²) >= 11 is 0. The number of nitrogens with one attached hydrogen (secondary N) is 2. The van der Waals surface area contributed by atoms with Crippen molar-refractivity contribution < 1.29 is 9.59 Å². The topological polar surface area (TPSA) is 58.2 Å². The number of hydrogen-bond donors (Lipinski definition) is 2. The second-order valence-corrected chi connectivity index (χ2v) is 9.00. The van der Waals surface area contributed by atoms with Crippen molar-refractivity contribution in [3.8, 4) is 0 Å². The molecule has 4 heteroatoms. The number of amides is 2. The van der Waals surface area contributed by atoms with E-state index in [2.05, 4.69) is 24.5 Å². The van der Waals surface area contributed by atoms with Gasteiger partial charge in [-0.1, -0.05) is 78.1 Å². The van der Waals surface area contributed by atoms with E-state index in [0.29, 0.717) is 12.8 Å². The molecule has 31 heavy (non-hydrogen) atoms. The Morgan fingerprint density at radius 1 is 0.645 bits per heavy atom. The molecule has 1 aromatic rings. The molecule has 0 aliphatic rings. The van der Waals surface area contributed by atoms with Crippen molar-refractivity contribution >= 4 is 23.2 Å². The number of anilines is 2. The quantitative estimate of drug-likeness (QED) is 0.261. The molecule has 2 N–H and O–H groups in total. The zero-order valence-corrected chi connectivity index (χ0v) is 20.8. The Morgan fingerprint density at radius 2 is 1.10 bits per heavy atom. The van der Waals surface area contributed by atoms with Crippen LogP contribution in [0.3, 0.4) is 0 Å². The number of unbranched alkanes of at least 4 members (excludes halogenated alkanes) is 10. The summed E-state index contributed by atoms with van der Waals surface area (Å²) in [5, 5.41) is 6.19. The summed E-state index contributed by atoms with van der Waals surface area (Å²) in [5.74, 6) is 0.165. The smallest absolute Gasteiger partial charge is 0.224 e. The minimum Gasteiger partial charge on any atom is -0.326 e. The molecular weight excluding hydrogens is 384 g/mol. The zero-order chi connectivity index (χ0) is 23.1. The van der Waals surface area contributed by atoms with Crippen LogP contribution in [0.15, 0.2) is 6.07 Å². The molecule has 4 nitrogen and oxygen atoms in total. The summed E-state index contributed by atoms with van der Waals surface area (Å²) in [4.78, 5) is 24.8. The van der Waals surface area contributed by atoms with Gasteiger partial charge >= 0.3 is 0 Å². The van der Waals surface area contributed by atoms with E-state index in [1.54, 1.807) is 0 Å². The van der Waals surface area contributed by atoms with E-state index in [-0.39, 0.29) is 11.8 Å². The van der Waals surface area contributed by atoms with E-state index < -0.39 is 0 Å². The standard InChI is InChI=1S/C27H46N2O2/c1-6-8-10-12-14-16-18-25(30)28-24-20-21(3)27(23(5)22(24)4)29-26(31)19-17-15-13-11-9-7-2/h20H,6-19H2,1-5H3,(H,28,30)(H,29,31). The van der Waals surface area contributed by atoms with Gasteiger partial charge in [0, 0.05) is 24.2 Å². The van der Waals surface area contributed by atoms with Gasteiger partial charge in [-0.15, -0.1) is 0 Å². The lowest BCUT2D eigenvalue weighted by Crippen LogP contribution is -2.16. The summed E-state index contributed by atoms with van der Waals surface area (Å²) in [7, 11) is 0. The maximum atomic E-state index is 12.4. The first-order valence-electron chi connectivity index (χ1n) is 12.6. The summed E-state index contributed by atoms with van der Waals surface area (Å²) in [6, 6.07) is 1.99. The van der Waals surface area contributed by atoms with Crippen LogP contribution in [0.2, 0.25) is 0 Å². The van der Waals surface area contributed by atoms with Crippen LogP contribution in [0.1, 0.15) is 120 Å². The minimum atomic E-state index is 0.0808. The highest BCUT2D eigenvalue weighted by atomic mass is 16.2. The Labute approximate surface area is 191 Å². The normalized spacial score (nSPS) is 10.9. The molecule has 0 aliphatic heterocycles. The molecule has 0 fully saturated rings. The van der Waals surface area contributed by atoms with E-state index in [4.69, 9.17) is 0 Å². The van der Waals surface area contributed by atoms with Gasteiger partial charge in [0.15, 0.2) is 0 Å². The lowest BCUT2D eigenvalue weighted by molar-refractivity contribution is -0.117. The third kappa shape index (κ3) is 10.8. The number of rotatable bonds is 16. The lowest BCUT2D eigenvalue weighted by Gasteiger charge is -2.18. The molecule has 0 aromatic heterocycles.